The number of aromatic amines is 1. The molecule has 1 amide bonds. The van der Waals surface area contributed by atoms with Gasteiger partial charge in [0.1, 0.15) is 11.4 Å². The Kier molecular flexibility index (Phi) is 4.59. The van der Waals surface area contributed by atoms with Crippen molar-refractivity contribution in [1.29, 1.82) is 0 Å². The molecule has 3 aromatic rings. The molecule has 2 aromatic carbocycles. The highest BCUT2D eigenvalue weighted by molar-refractivity contribution is 5.97. The second-order valence-electron chi connectivity index (χ2n) is 6.76. The standard InChI is InChI=1S/C22H19FN2O2/c23-16-9-5-14(6-10-16)15-7-11-17(12-8-15)25-22(27)19-13-24-20-4-2-1-3-18(20)21(19)26/h1-7,9-10,13,17H,8,11-12H2,(H,24,26)(H,25,27). The first-order valence-electron chi connectivity index (χ1n) is 8.98. The largest absolute Gasteiger partial charge is 0.360 e. The molecule has 0 aliphatic heterocycles. The van der Waals surface area contributed by atoms with Crippen molar-refractivity contribution in [1.82, 2.24) is 10.3 Å². The van der Waals surface area contributed by atoms with E-state index in [1.165, 1.54) is 18.3 Å². The Morgan fingerprint density at radius 3 is 2.63 bits per heavy atom. The van der Waals surface area contributed by atoms with Crippen LogP contribution in [0.4, 0.5) is 4.39 Å². The van der Waals surface area contributed by atoms with E-state index in [1.807, 2.05) is 6.07 Å². The minimum absolute atomic E-state index is 0.0208. The Hall–Kier alpha value is -3.21. The minimum atomic E-state index is -0.356. The monoisotopic (exact) mass is 362 g/mol. The van der Waals surface area contributed by atoms with Crippen LogP contribution in [-0.2, 0) is 0 Å². The summed E-state index contributed by atoms with van der Waals surface area (Å²) in [5.41, 5.74) is 2.74. The number of rotatable bonds is 3. The molecule has 0 spiro atoms. The molecule has 4 nitrogen and oxygen atoms in total. The van der Waals surface area contributed by atoms with E-state index in [0.29, 0.717) is 17.3 Å². The van der Waals surface area contributed by atoms with Gasteiger partial charge in [0, 0.05) is 23.1 Å². The fraction of sp³-hybridized carbons (Fsp3) is 0.182. The van der Waals surface area contributed by atoms with Crippen molar-refractivity contribution >= 4 is 22.4 Å². The fourth-order valence-corrected chi connectivity index (χ4v) is 3.49. The van der Waals surface area contributed by atoms with E-state index in [4.69, 9.17) is 0 Å². The van der Waals surface area contributed by atoms with Gasteiger partial charge >= 0.3 is 0 Å². The van der Waals surface area contributed by atoms with E-state index in [2.05, 4.69) is 16.4 Å². The van der Waals surface area contributed by atoms with Gasteiger partial charge in [-0.1, -0.05) is 30.3 Å². The first-order chi connectivity index (χ1) is 13.1. The molecular weight excluding hydrogens is 343 g/mol. The summed E-state index contributed by atoms with van der Waals surface area (Å²) in [6, 6.07) is 13.6. The number of hydrogen-bond donors (Lipinski definition) is 2. The Balaban J connectivity index is 1.47. The molecule has 5 heteroatoms. The number of amides is 1. The SMILES string of the molecule is O=C(NC1CC=C(c2ccc(F)cc2)CC1)c1c[nH]c2ccccc2c1=O. The predicted molar refractivity (Wildman–Crippen MR) is 104 cm³/mol. The number of hydrogen-bond acceptors (Lipinski definition) is 2. The molecule has 4 rings (SSSR count). The zero-order valence-corrected chi connectivity index (χ0v) is 14.7. The maximum atomic E-state index is 13.1. The number of nitrogens with one attached hydrogen (secondary N) is 2. The highest BCUT2D eigenvalue weighted by Gasteiger charge is 2.20. The molecule has 0 fully saturated rings. The first kappa shape index (κ1) is 17.2. The fourth-order valence-electron chi connectivity index (χ4n) is 3.49. The molecule has 27 heavy (non-hydrogen) atoms. The van der Waals surface area contributed by atoms with E-state index in [-0.39, 0.29) is 28.8 Å². The maximum absolute atomic E-state index is 13.1. The van der Waals surface area contributed by atoms with Crippen LogP contribution in [0.15, 0.2) is 65.6 Å². The van der Waals surface area contributed by atoms with Crippen LogP contribution in [0.25, 0.3) is 16.5 Å². The third-order valence-electron chi connectivity index (χ3n) is 4.99. The third kappa shape index (κ3) is 3.53. The molecular formula is C22H19FN2O2. The van der Waals surface area contributed by atoms with E-state index >= 15 is 0 Å². The highest BCUT2D eigenvalue weighted by atomic mass is 19.1. The van der Waals surface area contributed by atoms with Gasteiger partial charge < -0.3 is 10.3 Å². The lowest BCUT2D eigenvalue weighted by atomic mass is 9.90. The van der Waals surface area contributed by atoms with Crippen molar-refractivity contribution in [2.24, 2.45) is 0 Å². The van der Waals surface area contributed by atoms with E-state index in [0.717, 1.165) is 24.0 Å². The molecule has 1 aliphatic rings. The Morgan fingerprint density at radius 1 is 1.11 bits per heavy atom. The van der Waals surface area contributed by atoms with Crippen LogP contribution in [0.2, 0.25) is 0 Å². The van der Waals surface area contributed by atoms with Crippen molar-refractivity contribution in [2.45, 2.75) is 25.3 Å². The van der Waals surface area contributed by atoms with Crippen LogP contribution < -0.4 is 10.7 Å². The van der Waals surface area contributed by atoms with Gasteiger partial charge in [0.05, 0.1) is 0 Å². The van der Waals surface area contributed by atoms with Crippen LogP contribution in [0, 0.1) is 5.82 Å². The lowest BCUT2D eigenvalue weighted by Gasteiger charge is -2.23. The maximum Gasteiger partial charge on any atom is 0.256 e. The number of para-hydroxylation sites is 1. The van der Waals surface area contributed by atoms with Gasteiger partial charge in [-0.15, -0.1) is 0 Å². The number of fused-ring (bicyclic) bond motifs is 1. The number of allylic oxidation sites excluding steroid dienone is 1. The molecule has 0 bridgehead atoms. The molecule has 0 radical (unpaired) electrons. The number of carbonyl (C=O) groups is 1. The smallest absolute Gasteiger partial charge is 0.256 e. The number of benzene rings is 2. The van der Waals surface area contributed by atoms with Crippen LogP contribution in [-0.4, -0.2) is 16.9 Å². The highest BCUT2D eigenvalue weighted by Crippen LogP contribution is 2.27. The summed E-state index contributed by atoms with van der Waals surface area (Å²) < 4.78 is 13.1. The van der Waals surface area contributed by atoms with Gasteiger partial charge in [0.15, 0.2) is 0 Å². The van der Waals surface area contributed by atoms with Crippen molar-refractivity contribution in [3.8, 4) is 0 Å². The molecule has 1 atom stereocenters. The van der Waals surface area contributed by atoms with Crippen LogP contribution >= 0.6 is 0 Å². The summed E-state index contributed by atoms with van der Waals surface area (Å²) in [5, 5.41) is 3.47. The number of pyridine rings is 1. The molecule has 2 N–H and O–H groups in total. The first-order valence-corrected chi connectivity index (χ1v) is 8.98. The van der Waals surface area contributed by atoms with Crippen LogP contribution in [0.1, 0.15) is 35.2 Å². The van der Waals surface area contributed by atoms with Gasteiger partial charge in [0.2, 0.25) is 5.43 Å². The zero-order chi connectivity index (χ0) is 18.8. The number of H-pyrrole nitrogens is 1. The quantitative estimate of drug-likeness (QED) is 0.739. The molecule has 0 saturated heterocycles. The Morgan fingerprint density at radius 2 is 1.89 bits per heavy atom. The molecule has 0 saturated carbocycles. The minimum Gasteiger partial charge on any atom is -0.360 e. The molecule has 1 aliphatic carbocycles. The van der Waals surface area contributed by atoms with Crippen LogP contribution in [0.5, 0.6) is 0 Å². The Bertz CT molecular complexity index is 1080. The lowest BCUT2D eigenvalue weighted by Crippen LogP contribution is -2.38. The second kappa shape index (κ2) is 7.19. The van der Waals surface area contributed by atoms with E-state index in [9.17, 15) is 14.0 Å². The number of carbonyl (C=O) groups excluding carboxylic acids is 1. The summed E-state index contributed by atoms with van der Waals surface area (Å²) >= 11 is 0. The van der Waals surface area contributed by atoms with Gasteiger partial charge in [-0.05, 0) is 54.7 Å². The van der Waals surface area contributed by atoms with Gasteiger partial charge in [0.25, 0.3) is 5.91 Å². The summed E-state index contributed by atoms with van der Waals surface area (Å²) in [5.74, 6) is -0.605. The van der Waals surface area contributed by atoms with Crippen molar-refractivity contribution < 1.29 is 9.18 Å². The Labute approximate surface area is 155 Å². The third-order valence-corrected chi connectivity index (χ3v) is 4.99. The van der Waals surface area contributed by atoms with Gasteiger partial charge in [-0.2, -0.15) is 0 Å². The van der Waals surface area contributed by atoms with Crippen molar-refractivity contribution in [3.05, 3.63) is 88.0 Å². The number of aromatic nitrogens is 1. The molecule has 1 aromatic heterocycles. The summed E-state index contributed by atoms with van der Waals surface area (Å²) in [7, 11) is 0. The average Bonchev–Trinajstić information content (AvgIpc) is 2.70. The van der Waals surface area contributed by atoms with Crippen molar-refractivity contribution in [3.63, 3.8) is 0 Å². The molecule has 1 unspecified atom stereocenters. The van der Waals surface area contributed by atoms with Gasteiger partial charge in [-0.25, -0.2) is 4.39 Å². The predicted octanol–water partition coefficient (Wildman–Crippen LogP) is 4.03. The van der Waals surface area contributed by atoms with Gasteiger partial charge in [-0.3, -0.25) is 9.59 Å². The second-order valence-corrected chi connectivity index (χ2v) is 6.76. The van der Waals surface area contributed by atoms with E-state index < -0.39 is 0 Å². The summed E-state index contributed by atoms with van der Waals surface area (Å²) in [6.07, 6.45) is 5.81. The average molecular weight is 362 g/mol. The lowest BCUT2D eigenvalue weighted by molar-refractivity contribution is 0.0933. The summed E-state index contributed by atoms with van der Waals surface area (Å²) in [4.78, 5) is 28.1. The normalized spacial score (nSPS) is 16.8. The topological polar surface area (TPSA) is 62.0 Å². The molecule has 1 heterocycles. The van der Waals surface area contributed by atoms with Crippen LogP contribution in [0.3, 0.4) is 0 Å². The van der Waals surface area contributed by atoms with Crippen molar-refractivity contribution in [2.75, 3.05) is 0 Å². The van der Waals surface area contributed by atoms with E-state index in [1.54, 1.807) is 30.3 Å². The zero-order valence-electron chi connectivity index (χ0n) is 14.7. The summed E-state index contributed by atoms with van der Waals surface area (Å²) in [6.45, 7) is 0. The molecule has 136 valence electrons. The number of halogens is 1.